The van der Waals surface area contributed by atoms with Crippen LogP contribution >= 0.6 is 0 Å². The van der Waals surface area contributed by atoms with E-state index in [-0.39, 0.29) is 29.2 Å². The standard InChI is InChI=1S/C23H22N2O4.C4H10.C3H8/c1-14-17-11-7-8-12-18(17)25(13-19(26)16-9-5-4-6-10-16)23(28)20(14)21(29-3)15(2)22(24)27;1-3-4-2;1-3-2/h4-12H,13H2,1-3H3,(H2,24,27);3-4H2,1-2H3;3H2,1-2H3/b21-15-;;. The third kappa shape index (κ3) is 7.67. The Morgan fingerprint density at radius 2 is 1.44 bits per heavy atom. The van der Waals surface area contributed by atoms with Crippen molar-refractivity contribution >= 4 is 28.4 Å². The van der Waals surface area contributed by atoms with E-state index in [0.29, 0.717) is 16.6 Å². The van der Waals surface area contributed by atoms with Crippen LogP contribution in [0, 0.1) is 6.92 Å². The number of aromatic nitrogens is 1. The molecule has 0 atom stereocenters. The number of benzene rings is 2. The summed E-state index contributed by atoms with van der Waals surface area (Å²) in [6.07, 6.45) is 3.89. The second kappa shape index (κ2) is 15.4. The highest BCUT2D eigenvalue weighted by molar-refractivity contribution is 6.00. The molecule has 194 valence electrons. The van der Waals surface area contributed by atoms with E-state index in [4.69, 9.17) is 10.5 Å². The van der Waals surface area contributed by atoms with E-state index in [0.717, 1.165) is 5.39 Å². The lowest BCUT2D eigenvalue weighted by Gasteiger charge is -2.18. The number of pyridine rings is 1. The van der Waals surface area contributed by atoms with E-state index in [1.54, 1.807) is 37.3 Å². The summed E-state index contributed by atoms with van der Waals surface area (Å²) in [5.74, 6) is -0.755. The monoisotopic (exact) mass is 492 g/mol. The minimum Gasteiger partial charge on any atom is -0.495 e. The molecular formula is C30H40N2O4. The van der Waals surface area contributed by atoms with Gasteiger partial charge in [-0.25, -0.2) is 0 Å². The topological polar surface area (TPSA) is 91.4 Å². The van der Waals surface area contributed by atoms with Gasteiger partial charge in [0.2, 0.25) is 5.91 Å². The average molecular weight is 493 g/mol. The molecule has 6 heteroatoms. The SMILES string of the molecule is CCC.CCCC.CO/C(=C(/C)C(N)=O)c1c(C)c2ccccc2n(CC(=O)c2ccccc2)c1=O. The number of nitrogens with zero attached hydrogens (tertiary/aromatic N) is 1. The number of nitrogens with two attached hydrogens (primary N) is 1. The van der Waals surface area contributed by atoms with Gasteiger partial charge in [-0.1, -0.05) is 95.5 Å². The molecule has 0 spiro atoms. The van der Waals surface area contributed by atoms with Crippen molar-refractivity contribution in [1.82, 2.24) is 4.57 Å². The molecule has 0 saturated heterocycles. The second-order valence-corrected chi connectivity index (χ2v) is 8.43. The van der Waals surface area contributed by atoms with Gasteiger partial charge in [0.15, 0.2) is 5.78 Å². The number of carbonyl (C=O) groups excluding carboxylic acids is 2. The zero-order chi connectivity index (χ0) is 27.3. The summed E-state index contributed by atoms with van der Waals surface area (Å²) in [5.41, 5.74) is 7.18. The average Bonchev–Trinajstić information content (AvgIpc) is 2.89. The van der Waals surface area contributed by atoms with Gasteiger partial charge in [0.05, 0.1) is 30.3 Å². The summed E-state index contributed by atoms with van der Waals surface area (Å²) >= 11 is 0. The third-order valence-corrected chi connectivity index (χ3v) is 5.47. The van der Waals surface area contributed by atoms with Gasteiger partial charge in [-0.15, -0.1) is 0 Å². The number of hydrogen-bond acceptors (Lipinski definition) is 4. The van der Waals surface area contributed by atoms with Crippen molar-refractivity contribution in [3.05, 3.63) is 87.2 Å². The molecule has 6 nitrogen and oxygen atoms in total. The first-order valence-corrected chi connectivity index (χ1v) is 12.4. The summed E-state index contributed by atoms with van der Waals surface area (Å²) in [7, 11) is 1.38. The summed E-state index contributed by atoms with van der Waals surface area (Å²) < 4.78 is 6.81. The summed E-state index contributed by atoms with van der Waals surface area (Å²) in [6, 6.07) is 16.1. The van der Waals surface area contributed by atoms with E-state index in [1.165, 1.54) is 37.9 Å². The lowest BCUT2D eigenvalue weighted by atomic mass is 10.00. The van der Waals surface area contributed by atoms with E-state index in [9.17, 15) is 14.4 Å². The third-order valence-electron chi connectivity index (χ3n) is 5.47. The van der Waals surface area contributed by atoms with Gasteiger partial charge in [-0.2, -0.15) is 0 Å². The summed E-state index contributed by atoms with van der Waals surface area (Å²) in [6.45, 7) is 11.8. The second-order valence-electron chi connectivity index (χ2n) is 8.43. The molecule has 0 saturated carbocycles. The van der Waals surface area contributed by atoms with E-state index in [1.807, 2.05) is 24.3 Å². The maximum atomic E-state index is 13.4. The molecular weight excluding hydrogens is 452 g/mol. The highest BCUT2D eigenvalue weighted by atomic mass is 16.5. The number of fused-ring (bicyclic) bond motifs is 1. The summed E-state index contributed by atoms with van der Waals surface area (Å²) in [5, 5.41) is 0.787. The number of rotatable bonds is 7. The quantitative estimate of drug-likeness (QED) is 0.239. The van der Waals surface area contributed by atoms with E-state index in [2.05, 4.69) is 27.7 Å². The number of para-hydroxylation sites is 1. The van der Waals surface area contributed by atoms with Crippen LogP contribution < -0.4 is 11.3 Å². The molecule has 0 bridgehead atoms. The zero-order valence-corrected chi connectivity index (χ0v) is 22.7. The molecule has 36 heavy (non-hydrogen) atoms. The van der Waals surface area contributed by atoms with Crippen molar-refractivity contribution in [2.24, 2.45) is 5.73 Å². The predicted octanol–water partition coefficient (Wildman–Crippen LogP) is 6.28. The van der Waals surface area contributed by atoms with Gasteiger partial charge < -0.3 is 10.5 Å². The molecule has 3 aromatic rings. The Balaban J connectivity index is 0.000000825. The van der Waals surface area contributed by atoms with Crippen LogP contribution in [0.15, 0.2) is 65.0 Å². The number of Topliss-reactive ketones (excluding diaryl/α,β-unsaturated/α-hetero) is 1. The molecule has 0 aliphatic heterocycles. The van der Waals surface area contributed by atoms with Crippen LogP contribution in [0.3, 0.4) is 0 Å². The van der Waals surface area contributed by atoms with Crippen molar-refractivity contribution in [3.63, 3.8) is 0 Å². The van der Waals surface area contributed by atoms with Crippen LogP contribution in [0.25, 0.3) is 16.7 Å². The molecule has 0 radical (unpaired) electrons. The smallest absolute Gasteiger partial charge is 0.262 e. The van der Waals surface area contributed by atoms with Crippen LogP contribution in [0.4, 0.5) is 0 Å². The fraction of sp³-hybridized carbons (Fsp3) is 0.367. The van der Waals surface area contributed by atoms with Crippen molar-refractivity contribution in [2.75, 3.05) is 7.11 Å². The molecule has 0 aliphatic rings. The van der Waals surface area contributed by atoms with Crippen molar-refractivity contribution in [1.29, 1.82) is 0 Å². The number of hydrogen-bond donors (Lipinski definition) is 1. The van der Waals surface area contributed by atoms with Crippen molar-refractivity contribution in [2.45, 2.75) is 67.3 Å². The first-order valence-electron chi connectivity index (χ1n) is 12.4. The van der Waals surface area contributed by atoms with Crippen molar-refractivity contribution in [3.8, 4) is 0 Å². The molecule has 1 heterocycles. The normalized spacial score (nSPS) is 10.9. The minimum atomic E-state index is -0.680. The van der Waals surface area contributed by atoms with E-state index < -0.39 is 11.5 Å². The largest absolute Gasteiger partial charge is 0.495 e. The number of unbranched alkanes of at least 4 members (excludes halogenated alkanes) is 1. The number of ketones is 1. The van der Waals surface area contributed by atoms with Crippen LogP contribution in [0.1, 0.15) is 75.4 Å². The van der Waals surface area contributed by atoms with Gasteiger partial charge in [0, 0.05) is 10.9 Å². The molecule has 2 aromatic carbocycles. The van der Waals surface area contributed by atoms with Gasteiger partial charge in [0.1, 0.15) is 5.76 Å². The summed E-state index contributed by atoms with van der Waals surface area (Å²) in [4.78, 5) is 38.0. The fourth-order valence-corrected chi connectivity index (χ4v) is 3.40. The Morgan fingerprint density at radius 3 is 1.94 bits per heavy atom. The van der Waals surface area contributed by atoms with E-state index >= 15 is 0 Å². The number of aryl methyl sites for hydroxylation is 1. The molecule has 1 amide bonds. The number of ether oxygens (including phenoxy) is 1. The van der Waals surface area contributed by atoms with Crippen LogP contribution in [-0.4, -0.2) is 23.4 Å². The number of carbonyl (C=O) groups is 2. The fourth-order valence-electron chi connectivity index (χ4n) is 3.40. The Labute approximate surface area is 214 Å². The number of methoxy groups -OCH3 is 1. The minimum absolute atomic E-state index is 0.117. The number of primary amides is 1. The van der Waals surface area contributed by atoms with Gasteiger partial charge in [-0.05, 0) is 25.5 Å². The molecule has 2 N–H and O–H groups in total. The zero-order valence-electron chi connectivity index (χ0n) is 22.7. The maximum absolute atomic E-state index is 13.4. The predicted molar refractivity (Wildman–Crippen MR) is 149 cm³/mol. The van der Waals surface area contributed by atoms with Crippen LogP contribution in [0.2, 0.25) is 0 Å². The van der Waals surface area contributed by atoms with Crippen LogP contribution in [-0.2, 0) is 16.1 Å². The molecule has 0 unspecified atom stereocenters. The van der Waals surface area contributed by atoms with Crippen LogP contribution in [0.5, 0.6) is 0 Å². The highest BCUT2D eigenvalue weighted by Crippen LogP contribution is 2.26. The van der Waals surface area contributed by atoms with Crippen molar-refractivity contribution < 1.29 is 14.3 Å². The molecule has 0 fully saturated rings. The van der Waals surface area contributed by atoms with Gasteiger partial charge in [0.25, 0.3) is 5.56 Å². The highest BCUT2D eigenvalue weighted by Gasteiger charge is 2.22. The Hall–Kier alpha value is -3.67. The Bertz CT molecular complexity index is 1240. The lowest BCUT2D eigenvalue weighted by Crippen LogP contribution is -2.29. The van der Waals surface area contributed by atoms with Gasteiger partial charge in [-0.3, -0.25) is 19.0 Å². The maximum Gasteiger partial charge on any atom is 0.262 e. The molecule has 0 aliphatic carbocycles. The molecule has 1 aromatic heterocycles. The first kappa shape index (κ1) is 30.4. The Kier molecular flexibility index (Phi) is 12.9. The van der Waals surface area contributed by atoms with Gasteiger partial charge >= 0.3 is 0 Å². The Morgan fingerprint density at radius 1 is 0.917 bits per heavy atom. The first-order chi connectivity index (χ1) is 17.2. The number of amides is 1. The molecule has 3 rings (SSSR count). The lowest BCUT2D eigenvalue weighted by molar-refractivity contribution is -0.114.